The molecule has 4 rings (SSSR count). The number of benzene rings is 2. The summed E-state index contributed by atoms with van der Waals surface area (Å²) in [5.74, 6) is 0.975. The molecule has 1 fully saturated rings. The highest BCUT2D eigenvalue weighted by molar-refractivity contribution is 6.35. The minimum Gasteiger partial charge on any atom is -0.338 e. The van der Waals surface area contributed by atoms with Crippen molar-refractivity contribution in [3.8, 4) is 11.4 Å². The molecular weight excluding hydrogens is 423 g/mol. The molecule has 1 aliphatic rings. The molecule has 2 heterocycles. The van der Waals surface area contributed by atoms with Crippen molar-refractivity contribution < 1.29 is 9.32 Å². The average Bonchev–Trinajstić information content (AvgIpc) is 3.16. The standard InChI is InChI=1S/C22H22Cl2N4O2/c1-14-5-2-3-7-19(14)21-26-20(30-27-21)13-28-8-4-6-15(12-28)22(29)25-18-10-16(23)9-17(24)11-18/h2-3,5,7,9-11,15H,4,6,8,12-13H2,1H3,(H,25,29). The molecule has 3 aromatic rings. The van der Waals surface area contributed by atoms with Gasteiger partial charge in [0.25, 0.3) is 0 Å². The number of rotatable bonds is 5. The van der Waals surface area contributed by atoms with Crippen molar-refractivity contribution in [3.05, 3.63) is 64.0 Å². The molecule has 6 nitrogen and oxygen atoms in total. The van der Waals surface area contributed by atoms with Crippen molar-refractivity contribution in [2.75, 3.05) is 18.4 Å². The highest BCUT2D eigenvalue weighted by atomic mass is 35.5. The molecule has 1 aromatic heterocycles. The van der Waals surface area contributed by atoms with Crippen LogP contribution in [0.25, 0.3) is 11.4 Å². The van der Waals surface area contributed by atoms with E-state index in [1.165, 1.54) is 0 Å². The van der Waals surface area contributed by atoms with Crippen LogP contribution in [0, 0.1) is 12.8 Å². The van der Waals surface area contributed by atoms with Gasteiger partial charge in [-0.1, -0.05) is 52.6 Å². The second kappa shape index (κ2) is 9.16. The summed E-state index contributed by atoms with van der Waals surface area (Å²) in [5.41, 5.74) is 2.67. The number of halogens is 2. The summed E-state index contributed by atoms with van der Waals surface area (Å²) in [4.78, 5) is 19.5. The first kappa shape index (κ1) is 20.8. The van der Waals surface area contributed by atoms with E-state index in [0.29, 0.717) is 40.5 Å². The van der Waals surface area contributed by atoms with Crippen molar-refractivity contribution in [2.45, 2.75) is 26.3 Å². The zero-order valence-electron chi connectivity index (χ0n) is 16.6. The highest BCUT2D eigenvalue weighted by Crippen LogP contribution is 2.25. The Morgan fingerprint density at radius 3 is 2.77 bits per heavy atom. The number of piperidine rings is 1. The van der Waals surface area contributed by atoms with Crippen LogP contribution >= 0.6 is 23.2 Å². The average molecular weight is 445 g/mol. The molecule has 0 spiro atoms. The Hall–Kier alpha value is -2.41. The third-order valence-corrected chi connectivity index (χ3v) is 5.66. The Bertz CT molecular complexity index is 1030. The lowest BCUT2D eigenvalue weighted by molar-refractivity contribution is -0.121. The molecule has 0 radical (unpaired) electrons. The number of carbonyl (C=O) groups is 1. The fourth-order valence-corrected chi connectivity index (χ4v) is 4.25. The van der Waals surface area contributed by atoms with Gasteiger partial charge in [0.15, 0.2) is 0 Å². The van der Waals surface area contributed by atoms with Crippen LogP contribution in [0.15, 0.2) is 47.0 Å². The summed E-state index contributed by atoms with van der Waals surface area (Å²) < 4.78 is 5.46. The molecule has 1 unspecified atom stereocenters. The van der Waals surface area contributed by atoms with Crippen LogP contribution in [-0.4, -0.2) is 34.0 Å². The Morgan fingerprint density at radius 2 is 2.00 bits per heavy atom. The third-order valence-electron chi connectivity index (χ3n) is 5.22. The SMILES string of the molecule is Cc1ccccc1-c1noc(CN2CCCC(C(=O)Nc3cc(Cl)cc(Cl)c3)C2)n1. The number of aromatic nitrogens is 2. The van der Waals surface area contributed by atoms with Crippen LogP contribution in [-0.2, 0) is 11.3 Å². The molecule has 0 bridgehead atoms. The van der Waals surface area contributed by atoms with Gasteiger partial charge in [0.1, 0.15) is 0 Å². The Labute approximate surface area is 185 Å². The first-order chi connectivity index (χ1) is 14.5. The molecule has 30 heavy (non-hydrogen) atoms. The quantitative estimate of drug-likeness (QED) is 0.585. The van der Waals surface area contributed by atoms with Gasteiger partial charge in [0, 0.05) is 27.8 Å². The number of carbonyl (C=O) groups excluding carboxylic acids is 1. The number of nitrogens with one attached hydrogen (secondary N) is 1. The number of hydrogen-bond acceptors (Lipinski definition) is 5. The predicted molar refractivity (Wildman–Crippen MR) is 118 cm³/mol. The van der Waals surface area contributed by atoms with Gasteiger partial charge in [0.2, 0.25) is 17.6 Å². The number of nitrogens with zero attached hydrogens (tertiary/aromatic N) is 3. The van der Waals surface area contributed by atoms with Gasteiger partial charge < -0.3 is 9.84 Å². The largest absolute Gasteiger partial charge is 0.338 e. The van der Waals surface area contributed by atoms with E-state index in [2.05, 4.69) is 20.4 Å². The number of likely N-dealkylation sites (tertiary alicyclic amines) is 1. The van der Waals surface area contributed by atoms with E-state index in [-0.39, 0.29) is 11.8 Å². The van der Waals surface area contributed by atoms with E-state index < -0.39 is 0 Å². The monoisotopic (exact) mass is 444 g/mol. The van der Waals surface area contributed by atoms with E-state index in [4.69, 9.17) is 27.7 Å². The third kappa shape index (κ3) is 5.01. The number of amides is 1. The van der Waals surface area contributed by atoms with Crippen LogP contribution in [0.3, 0.4) is 0 Å². The topological polar surface area (TPSA) is 71.3 Å². The zero-order valence-corrected chi connectivity index (χ0v) is 18.1. The first-order valence-corrected chi connectivity index (χ1v) is 10.6. The summed E-state index contributed by atoms with van der Waals surface area (Å²) in [6.07, 6.45) is 1.75. The van der Waals surface area contributed by atoms with Gasteiger partial charge in [-0.05, 0) is 50.1 Å². The Balaban J connectivity index is 1.38. The summed E-state index contributed by atoms with van der Waals surface area (Å²) in [6, 6.07) is 13.0. The molecule has 156 valence electrons. The van der Waals surface area contributed by atoms with Crippen molar-refractivity contribution in [1.82, 2.24) is 15.0 Å². The van der Waals surface area contributed by atoms with E-state index in [9.17, 15) is 4.79 Å². The second-order valence-electron chi connectivity index (χ2n) is 7.55. The minimum absolute atomic E-state index is 0.0378. The van der Waals surface area contributed by atoms with Gasteiger partial charge in [-0.15, -0.1) is 0 Å². The van der Waals surface area contributed by atoms with E-state index in [0.717, 1.165) is 30.5 Å². The van der Waals surface area contributed by atoms with Gasteiger partial charge in [-0.25, -0.2) is 0 Å². The maximum atomic E-state index is 12.7. The van der Waals surface area contributed by atoms with Crippen molar-refractivity contribution in [3.63, 3.8) is 0 Å². The molecule has 0 saturated carbocycles. The van der Waals surface area contributed by atoms with Crippen LogP contribution in [0.2, 0.25) is 10.0 Å². The van der Waals surface area contributed by atoms with Crippen LogP contribution in [0.1, 0.15) is 24.3 Å². The predicted octanol–water partition coefficient (Wildman–Crippen LogP) is 5.20. The van der Waals surface area contributed by atoms with Crippen LogP contribution in [0.5, 0.6) is 0 Å². The lowest BCUT2D eigenvalue weighted by Gasteiger charge is -2.30. The summed E-state index contributed by atoms with van der Waals surface area (Å²) in [7, 11) is 0. The number of hydrogen-bond donors (Lipinski definition) is 1. The van der Waals surface area contributed by atoms with Gasteiger partial charge in [-0.3, -0.25) is 9.69 Å². The summed E-state index contributed by atoms with van der Waals surface area (Å²) in [6.45, 7) is 4.05. The smallest absolute Gasteiger partial charge is 0.241 e. The molecule has 1 N–H and O–H groups in total. The summed E-state index contributed by atoms with van der Waals surface area (Å²) in [5, 5.41) is 8.03. The van der Waals surface area contributed by atoms with E-state index in [1.54, 1.807) is 18.2 Å². The van der Waals surface area contributed by atoms with E-state index in [1.807, 2.05) is 31.2 Å². The van der Waals surface area contributed by atoms with Crippen LogP contribution < -0.4 is 5.32 Å². The molecule has 1 aliphatic heterocycles. The van der Waals surface area contributed by atoms with Crippen LogP contribution in [0.4, 0.5) is 5.69 Å². The first-order valence-electron chi connectivity index (χ1n) is 9.86. The van der Waals surface area contributed by atoms with Crippen molar-refractivity contribution in [2.24, 2.45) is 5.92 Å². The fraction of sp³-hybridized carbons (Fsp3) is 0.318. The normalized spacial score (nSPS) is 17.1. The highest BCUT2D eigenvalue weighted by Gasteiger charge is 2.27. The minimum atomic E-state index is -0.129. The number of anilines is 1. The van der Waals surface area contributed by atoms with Crippen molar-refractivity contribution >= 4 is 34.8 Å². The Kier molecular flexibility index (Phi) is 6.37. The molecule has 0 aliphatic carbocycles. The number of aryl methyl sites for hydroxylation is 1. The maximum absolute atomic E-state index is 12.7. The van der Waals surface area contributed by atoms with Gasteiger partial charge in [-0.2, -0.15) is 4.98 Å². The fourth-order valence-electron chi connectivity index (χ4n) is 3.73. The van der Waals surface area contributed by atoms with Crippen molar-refractivity contribution in [1.29, 1.82) is 0 Å². The van der Waals surface area contributed by atoms with Gasteiger partial charge >= 0.3 is 0 Å². The summed E-state index contributed by atoms with van der Waals surface area (Å²) >= 11 is 12.0. The maximum Gasteiger partial charge on any atom is 0.241 e. The Morgan fingerprint density at radius 1 is 1.23 bits per heavy atom. The molecule has 1 amide bonds. The lowest BCUT2D eigenvalue weighted by atomic mass is 9.97. The molecular formula is C22H22Cl2N4O2. The van der Waals surface area contributed by atoms with E-state index >= 15 is 0 Å². The molecule has 8 heteroatoms. The molecule has 1 atom stereocenters. The second-order valence-corrected chi connectivity index (χ2v) is 8.42. The molecule has 1 saturated heterocycles. The lowest BCUT2D eigenvalue weighted by Crippen LogP contribution is -2.40. The zero-order chi connectivity index (χ0) is 21.1. The van der Waals surface area contributed by atoms with Gasteiger partial charge in [0.05, 0.1) is 12.5 Å². The molecule has 2 aromatic carbocycles.